The molecule has 0 aromatic heterocycles. The summed E-state index contributed by atoms with van der Waals surface area (Å²) < 4.78 is 50.9. The number of ether oxygens (including phenoxy) is 2. The van der Waals surface area contributed by atoms with Gasteiger partial charge in [0.2, 0.25) is 10.0 Å². The molecule has 1 heterocycles. The highest BCUT2D eigenvalue weighted by molar-refractivity contribution is 7.89. The molecule has 0 spiro atoms. The molecule has 0 bridgehead atoms. The number of nitrogens with one attached hydrogen (secondary N) is 1. The zero-order valence-corrected chi connectivity index (χ0v) is 13.1. The van der Waals surface area contributed by atoms with Gasteiger partial charge in [0, 0.05) is 19.1 Å². The number of nitrogens with two attached hydrogens (primary N) is 1. The van der Waals surface area contributed by atoms with Crippen LogP contribution in [0.25, 0.3) is 0 Å². The zero-order chi connectivity index (χ0) is 16.0. The predicted molar refractivity (Wildman–Crippen MR) is 79.7 cm³/mol. The highest BCUT2D eigenvalue weighted by Crippen LogP contribution is 2.22. The quantitative estimate of drug-likeness (QED) is 0.689. The van der Waals surface area contributed by atoms with Gasteiger partial charge in [-0.15, -0.1) is 0 Å². The molecule has 2 rings (SSSR count). The molecule has 0 amide bonds. The fourth-order valence-corrected chi connectivity index (χ4v) is 3.17. The van der Waals surface area contributed by atoms with Crippen LogP contribution in [0.3, 0.4) is 0 Å². The van der Waals surface area contributed by atoms with Gasteiger partial charge in [-0.2, -0.15) is 0 Å². The molecule has 3 N–H and O–H groups in total. The first kappa shape index (κ1) is 17.1. The maximum absolute atomic E-state index is 14.0. The Morgan fingerprint density at radius 3 is 2.91 bits per heavy atom. The van der Waals surface area contributed by atoms with E-state index in [1.807, 2.05) is 0 Å². The minimum atomic E-state index is -3.72. The second-order valence-electron chi connectivity index (χ2n) is 5.17. The summed E-state index contributed by atoms with van der Waals surface area (Å²) in [5.41, 5.74) is 5.31. The van der Waals surface area contributed by atoms with E-state index in [4.69, 9.17) is 15.2 Å². The fourth-order valence-electron chi connectivity index (χ4n) is 2.08. The average Bonchev–Trinajstić information content (AvgIpc) is 2.99. The van der Waals surface area contributed by atoms with Crippen LogP contribution in [0.1, 0.15) is 12.8 Å². The highest BCUT2D eigenvalue weighted by Gasteiger charge is 2.19. The van der Waals surface area contributed by atoms with Crippen LogP contribution in [0.2, 0.25) is 0 Å². The maximum Gasteiger partial charge on any atom is 0.240 e. The van der Waals surface area contributed by atoms with Crippen molar-refractivity contribution in [2.24, 2.45) is 11.7 Å². The Balaban J connectivity index is 1.98. The Bertz CT molecular complexity index is 589. The van der Waals surface area contributed by atoms with Gasteiger partial charge in [-0.05, 0) is 37.6 Å². The third-order valence-electron chi connectivity index (χ3n) is 3.39. The summed E-state index contributed by atoms with van der Waals surface area (Å²) in [6.07, 6.45) is 1.41. The number of benzene rings is 1. The van der Waals surface area contributed by atoms with Gasteiger partial charge in [-0.1, -0.05) is 0 Å². The van der Waals surface area contributed by atoms with E-state index in [0.717, 1.165) is 12.5 Å². The molecule has 6 nitrogen and oxygen atoms in total. The number of halogens is 1. The Kier molecular flexibility index (Phi) is 6.13. The van der Waals surface area contributed by atoms with Gasteiger partial charge in [0.15, 0.2) is 11.6 Å². The molecule has 1 atom stereocenters. The van der Waals surface area contributed by atoms with Crippen LogP contribution >= 0.6 is 0 Å². The number of hydrogen-bond acceptors (Lipinski definition) is 5. The Hall–Kier alpha value is -1.22. The molecule has 1 unspecified atom stereocenters. The van der Waals surface area contributed by atoms with Gasteiger partial charge in [0.1, 0.15) is 0 Å². The van der Waals surface area contributed by atoms with Crippen molar-refractivity contribution in [1.29, 1.82) is 0 Å². The molecule has 1 aliphatic heterocycles. The summed E-state index contributed by atoms with van der Waals surface area (Å²) >= 11 is 0. The number of hydrogen-bond donors (Lipinski definition) is 2. The molecular formula is C14H21FN2O4S. The minimum Gasteiger partial charge on any atom is -0.490 e. The molecule has 124 valence electrons. The van der Waals surface area contributed by atoms with Crippen molar-refractivity contribution in [3.8, 4) is 5.75 Å². The second-order valence-corrected chi connectivity index (χ2v) is 6.94. The summed E-state index contributed by atoms with van der Waals surface area (Å²) in [5.74, 6) is -0.394. The lowest BCUT2D eigenvalue weighted by molar-refractivity contribution is 0.165. The molecule has 0 radical (unpaired) electrons. The van der Waals surface area contributed by atoms with Crippen molar-refractivity contribution in [3.05, 3.63) is 24.0 Å². The molecule has 1 fully saturated rings. The first-order valence-electron chi connectivity index (χ1n) is 7.23. The minimum absolute atomic E-state index is 0.0489. The molecule has 1 aromatic rings. The van der Waals surface area contributed by atoms with Crippen LogP contribution in [0.4, 0.5) is 4.39 Å². The van der Waals surface area contributed by atoms with Crippen molar-refractivity contribution < 1.29 is 22.3 Å². The lowest BCUT2D eigenvalue weighted by atomic mass is 10.1. The van der Waals surface area contributed by atoms with Crippen LogP contribution in [0.5, 0.6) is 5.75 Å². The van der Waals surface area contributed by atoms with E-state index in [1.54, 1.807) is 0 Å². The standard InChI is InChI=1S/C14H21FN2O4S/c15-13-8-12(22(18,19)17-6-1-5-16)2-3-14(13)21-10-11-4-7-20-9-11/h2-3,8,11,17H,1,4-7,9-10,16H2. The lowest BCUT2D eigenvalue weighted by Crippen LogP contribution is -2.26. The van der Waals surface area contributed by atoms with Crippen molar-refractivity contribution in [2.45, 2.75) is 17.7 Å². The van der Waals surface area contributed by atoms with Crippen LogP contribution in [-0.4, -0.2) is 41.3 Å². The van der Waals surface area contributed by atoms with Gasteiger partial charge >= 0.3 is 0 Å². The Morgan fingerprint density at radius 1 is 1.45 bits per heavy atom. The second kappa shape index (κ2) is 7.87. The molecule has 1 aromatic carbocycles. The average molecular weight is 332 g/mol. The smallest absolute Gasteiger partial charge is 0.240 e. The Labute approximate surface area is 129 Å². The van der Waals surface area contributed by atoms with Gasteiger partial charge < -0.3 is 15.2 Å². The van der Waals surface area contributed by atoms with E-state index in [9.17, 15) is 12.8 Å². The van der Waals surface area contributed by atoms with Gasteiger partial charge in [-0.25, -0.2) is 17.5 Å². The lowest BCUT2D eigenvalue weighted by Gasteiger charge is -2.12. The normalized spacial score (nSPS) is 18.5. The van der Waals surface area contributed by atoms with Crippen LogP contribution in [0.15, 0.2) is 23.1 Å². The van der Waals surface area contributed by atoms with E-state index in [-0.39, 0.29) is 23.1 Å². The fraction of sp³-hybridized carbons (Fsp3) is 0.571. The summed E-state index contributed by atoms with van der Waals surface area (Å²) in [7, 11) is -3.72. The van der Waals surface area contributed by atoms with Gasteiger partial charge in [-0.3, -0.25) is 0 Å². The molecule has 8 heteroatoms. The van der Waals surface area contributed by atoms with Crippen molar-refractivity contribution in [2.75, 3.05) is 32.9 Å². The Morgan fingerprint density at radius 2 is 2.27 bits per heavy atom. The summed E-state index contributed by atoms with van der Waals surface area (Å²) in [4.78, 5) is -0.126. The maximum atomic E-state index is 14.0. The van der Waals surface area contributed by atoms with Gasteiger partial charge in [0.05, 0.1) is 18.1 Å². The van der Waals surface area contributed by atoms with Crippen molar-refractivity contribution >= 4 is 10.0 Å². The van der Waals surface area contributed by atoms with Crippen LogP contribution < -0.4 is 15.2 Å². The third kappa shape index (κ3) is 4.64. The predicted octanol–water partition coefficient (Wildman–Crippen LogP) is 0.868. The number of sulfonamides is 1. The number of rotatable bonds is 8. The largest absolute Gasteiger partial charge is 0.490 e. The zero-order valence-electron chi connectivity index (χ0n) is 12.3. The summed E-state index contributed by atoms with van der Waals surface area (Å²) in [6, 6.07) is 3.63. The van der Waals surface area contributed by atoms with E-state index >= 15 is 0 Å². The first-order valence-corrected chi connectivity index (χ1v) is 8.71. The molecule has 22 heavy (non-hydrogen) atoms. The van der Waals surface area contributed by atoms with Gasteiger partial charge in [0.25, 0.3) is 0 Å². The summed E-state index contributed by atoms with van der Waals surface area (Å²) in [6.45, 7) is 2.27. The topological polar surface area (TPSA) is 90.7 Å². The van der Waals surface area contributed by atoms with E-state index < -0.39 is 15.8 Å². The van der Waals surface area contributed by atoms with Crippen molar-refractivity contribution in [3.63, 3.8) is 0 Å². The molecule has 0 saturated carbocycles. The molecular weight excluding hydrogens is 311 g/mol. The van der Waals surface area contributed by atoms with E-state index in [0.29, 0.717) is 32.8 Å². The monoisotopic (exact) mass is 332 g/mol. The first-order chi connectivity index (χ1) is 10.5. The SMILES string of the molecule is NCCCNS(=O)(=O)c1ccc(OCC2CCOC2)c(F)c1. The van der Waals surface area contributed by atoms with E-state index in [2.05, 4.69) is 4.72 Å². The van der Waals surface area contributed by atoms with Crippen LogP contribution in [-0.2, 0) is 14.8 Å². The summed E-state index contributed by atoms with van der Waals surface area (Å²) in [5, 5.41) is 0. The van der Waals surface area contributed by atoms with Crippen molar-refractivity contribution in [1.82, 2.24) is 4.72 Å². The highest BCUT2D eigenvalue weighted by atomic mass is 32.2. The molecule has 1 aliphatic rings. The molecule has 1 saturated heterocycles. The van der Waals surface area contributed by atoms with Crippen LogP contribution in [0, 0.1) is 11.7 Å². The molecule has 0 aliphatic carbocycles. The third-order valence-corrected chi connectivity index (χ3v) is 4.84. The van der Waals surface area contributed by atoms with E-state index in [1.165, 1.54) is 12.1 Å².